The summed E-state index contributed by atoms with van der Waals surface area (Å²) in [6.07, 6.45) is 9.77. The van der Waals surface area contributed by atoms with Gasteiger partial charge in [0.2, 0.25) is 0 Å². The van der Waals surface area contributed by atoms with E-state index in [9.17, 15) is 0 Å². The van der Waals surface area contributed by atoms with Crippen LogP contribution in [0.2, 0.25) is 0 Å². The van der Waals surface area contributed by atoms with E-state index in [0.29, 0.717) is 5.41 Å². The van der Waals surface area contributed by atoms with Crippen molar-refractivity contribution in [2.45, 2.75) is 124 Å². The third kappa shape index (κ3) is 9.87. The van der Waals surface area contributed by atoms with E-state index in [2.05, 4.69) is 196 Å². The van der Waals surface area contributed by atoms with Crippen LogP contribution < -0.4 is 24.8 Å². The molecule has 0 unspecified atom stereocenters. The molecule has 0 atom stereocenters. The molecule has 4 bridgehead atoms. The Bertz CT molecular complexity index is 2310. The Morgan fingerprint density at radius 1 is 0.661 bits per heavy atom. The summed E-state index contributed by atoms with van der Waals surface area (Å²) in [6.45, 7) is 20.9. The van der Waals surface area contributed by atoms with E-state index in [4.69, 9.17) is 0 Å². The maximum absolute atomic E-state index is 3.88. The predicted molar refractivity (Wildman–Crippen MR) is 254 cm³/mol. The number of hydrogen-bond acceptors (Lipinski definition) is 0. The Labute approximate surface area is 402 Å². The molecule has 62 heavy (non-hydrogen) atoms. The Morgan fingerprint density at radius 2 is 1.18 bits per heavy atom. The maximum atomic E-state index is 3.88. The van der Waals surface area contributed by atoms with Gasteiger partial charge >= 0.3 is 76.7 Å². The smallest absolute Gasteiger partial charge is 0.0407 e. The number of benzene rings is 5. The molecule has 0 aliphatic heterocycles. The van der Waals surface area contributed by atoms with Crippen LogP contribution in [-0.2, 0) is 46.9 Å². The molecule has 4 fully saturated rings. The molecule has 5 aliphatic carbocycles. The first-order chi connectivity index (χ1) is 28.6. The van der Waals surface area contributed by atoms with E-state index in [0.717, 1.165) is 30.1 Å². The van der Waals surface area contributed by atoms with Crippen molar-refractivity contribution in [2.75, 3.05) is 0 Å². The Balaban J connectivity index is 0.000000183. The van der Waals surface area contributed by atoms with Gasteiger partial charge in [-0.2, -0.15) is 23.3 Å². The van der Waals surface area contributed by atoms with Crippen molar-refractivity contribution in [2.24, 2.45) is 23.7 Å². The fourth-order valence-electron chi connectivity index (χ4n) is 11.5. The van der Waals surface area contributed by atoms with E-state index in [1.807, 2.05) is 0 Å². The molecular weight excluding hydrogens is 871 g/mol. The molecule has 0 amide bonds. The van der Waals surface area contributed by atoms with Gasteiger partial charge in [-0.3, -0.25) is 0 Å². The zero-order valence-corrected chi connectivity index (χ0v) is 42.6. The summed E-state index contributed by atoms with van der Waals surface area (Å²) >= 11 is 1.54. The SMILES string of the molecule is CC(C)(C)c1cc2c([c-]c1-c1ccccc1)Cc1cc(-c3ccccc3)c(C(C)(C)C)cc1-2.CC[C](=[Zr+2])c1ccccc1.Cc1cc(C2(C)C3CC4CC(C3)CC2C4)c[cH-]1.[Cl-].[Cl-]. The molecule has 5 aliphatic rings. The largest absolute Gasteiger partial charge is 1.00 e. The van der Waals surface area contributed by atoms with Gasteiger partial charge in [-0.15, -0.1) is 28.8 Å². The van der Waals surface area contributed by atoms with Crippen molar-refractivity contribution >= 4 is 3.21 Å². The molecule has 0 radical (unpaired) electrons. The van der Waals surface area contributed by atoms with Gasteiger partial charge in [-0.1, -0.05) is 150 Å². The third-order valence-corrected chi connectivity index (χ3v) is 16.2. The molecule has 0 spiro atoms. The maximum Gasteiger partial charge on any atom is -0.0407 e. The van der Waals surface area contributed by atoms with Gasteiger partial charge in [0.25, 0.3) is 0 Å². The molecule has 0 saturated heterocycles. The van der Waals surface area contributed by atoms with Gasteiger partial charge in [0.05, 0.1) is 0 Å². The summed E-state index contributed by atoms with van der Waals surface area (Å²) in [5, 5.41) is 0. The normalized spacial score (nSPS) is 21.5. The van der Waals surface area contributed by atoms with Crippen LogP contribution in [-0.4, -0.2) is 3.21 Å². The van der Waals surface area contributed by atoms with Crippen molar-refractivity contribution in [3.05, 3.63) is 172 Å². The quantitative estimate of drug-likeness (QED) is 0.151. The predicted octanol–water partition coefficient (Wildman–Crippen LogP) is 9.59. The first-order valence-corrected chi connectivity index (χ1v) is 24.1. The van der Waals surface area contributed by atoms with Crippen molar-refractivity contribution < 1.29 is 49.0 Å². The van der Waals surface area contributed by atoms with Gasteiger partial charge in [0.15, 0.2) is 0 Å². The van der Waals surface area contributed by atoms with Gasteiger partial charge in [-0.05, 0) is 95.3 Å². The monoisotopic (exact) mass is 934 g/mol. The number of aryl methyl sites for hydroxylation is 1. The molecule has 0 aromatic heterocycles. The first kappa shape index (κ1) is 48.2. The van der Waals surface area contributed by atoms with E-state index in [1.165, 1.54) is 123 Å². The molecule has 0 N–H and O–H groups in total. The Hall–Kier alpha value is -3.22. The molecule has 0 heterocycles. The van der Waals surface area contributed by atoms with Crippen LogP contribution in [0.3, 0.4) is 0 Å². The topological polar surface area (TPSA) is 0 Å². The Morgan fingerprint density at radius 3 is 1.68 bits per heavy atom. The summed E-state index contributed by atoms with van der Waals surface area (Å²) < 4.78 is 1.55. The van der Waals surface area contributed by atoms with Crippen molar-refractivity contribution in [1.82, 2.24) is 0 Å². The van der Waals surface area contributed by atoms with Crippen LogP contribution in [0.25, 0.3) is 33.4 Å². The fourth-order valence-corrected chi connectivity index (χ4v) is 11.9. The van der Waals surface area contributed by atoms with E-state index in [-0.39, 0.29) is 35.6 Å². The molecule has 11 rings (SSSR count). The summed E-state index contributed by atoms with van der Waals surface area (Å²) in [6, 6.07) is 50.6. The second kappa shape index (κ2) is 19.5. The van der Waals surface area contributed by atoms with Crippen LogP contribution in [0.4, 0.5) is 0 Å². The fraction of sp³-hybridized carbons (Fsp3) is 0.390. The van der Waals surface area contributed by atoms with E-state index >= 15 is 0 Å². The molecule has 6 aromatic rings. The summed E-state index contributed by atoms with van der Waals surface area (Å²) in [5.41, 5.74) is 18.5. The van der Waals surface area contributed by atoms with Crippen LogP contribution in [0.5, 0.6) is 0 Å². The van der Waals surface area contributed by atoms with Crippen LogP contribution in [0.1, 0.15) is 133 Å². The minimum atomic E-state index is 0. The van der Waals surface area contributed by atoms with E-state index < -0.39 is 0 Å². The van der Waals surface area contributed by atoms with Gasteiger partial charge in [0, 0.05) is 0 Å². The zero-order chi connectivity index (χ0) is 42.4. The molecule has 0 nitrogen and oxygen atoms in total. The standard InChI is InChI=1S/C33H33.C17H23.C9H10.2ClH.Zr/c1-32(2,3)30-20-26-24(18-28(30)22-13-9-7-10-14-22)17-25-19-29(23-15-11-8-12-16-23)31(21-27(25)26)33(4,5)6;1-11-3-4-14(5-11)17(2)15-7-12-6-13(9-15)10-16(17)8-12;1-2-6-9-7-4-3-5-8-9;;;/h7-16,18,20-21H,17H2,1-6H3;3-5,12-13,15-16H,6-10H2,1-2H3;3-5,7-8H,2H2,1H3;2*1H;/q2*-1;;;;+2/p-2. The average Bonchev–Trinajstić information content (AvgIpc) is 3.85. The Kier molecular flexibility index (Phi) is 15.2. The second-order valence-corrected chi connectivity index (χ2v) is 22.4. The van der Waals surface area contributed by atoms with Crippen molar-refractivity contribution in [3.8, 4) is 33.4 Å². The zero-order valence-electron chi connectivity index (χ0n) is 38.6. The molecule has 322 valence electrons. The molecular formula is C59H66Cl2Zr-2. The van der Waals surface area contributed by atoms with Gasteiger partial charge < -0.3 is 24.8 Å². The number of fused-ring (bicyclic) bond motifs is 3. The summed E-state index contributed by atoms with van der Waals surface area (Å²) in [5.74, 6) is 4.14. The van der Waals surface area contributed by atoms with Crippen LogP contribution >= 0.6 is 0 Å². The van der Waals surface area contributed by atoms with E-state index in [1.54, 1.807) is 15.2 Å². The van der Waals surface area contributed by atoms with Gasteiger partial charge in [-0.25, -0.2) is 6.07 Å². The minimum Gasteiger partial charge on any atom is -1.00 e. The van der Waals surface area contributed by atoms with Crippen molar-refractivity contribution in [1.29, 1.82) is 0 Å². The molecule has 4 saturated carbocycles. The summed E-state index contributed by atoms with van der Waals surface area (Å²) in [4.78, 5) is 0. The van der Waals surface area contributed by atoms with Crippen LogP contribution in [0.15, 0.2) is 127 Å². The van der Waals surface area contributed by atoms with Crippen molar-refractivity contribution in [3.63, 3.8) is 0 Å². The molecule has 6 aromatic carbocycles. The first-order valence-electron chi connectivity index (χ1n) is 22.9. The number of rotatable bonds is 5. The molecule has 3 heteroatoms. The summed E-state index contributed by atoms with van der Waals surface area (Å²) in [7, 11) is 0. The number of halogens is 2. The number of hydrogen-bond donors (Lipinski definition) is 0. The van der Waals surface area contributed by atoms with Crippen LogP contribution in [0, 0.1) is 36.7 Å². The average molecular weight is 937 g/mol. The second-order valence-electron chi connectivity index (χ2n) is 20.9. The van der Waals surface area contributed by atoms with Gasteiger partial charge in [0.1, 0.15) is 0 Å². The minimum absolute atomic E-state index is 0. The third-order valence-electron chi connectivity index (χ3n) is 14.7.